The number of carbonyl (C=O) groups is 3. The van der Waals surface area contributed by atoms with Gasteiger partial charge in [-0.2, -0.15) is 4.68 Å². The van der Waals surface area contributed by atoms with Crippen LogP contribution in [0.5, 0.6) is 0 Å². The molecule has 2 atom stereocenters. The minimum absolute atomic E-state index is 0.0873. The average Bonchev–Trinajstić information content (AvgIpc) is 3.59. The van der Waals surface area contributed by atoms with E-state index in [9.17, 15) is 14.4 Å². The van der Waals surface area contributed by atoms with Crippen LogP contribution in [0.15, 0.2) is 67.1 Å². The van der Waals surface area contributed by atoms with E-state index in [1.807, 2.05) is 30.3 Å². The number of ether oxygens (including phenoxy) is 2. The fourth-order valence-corrected chi connectivity index (χ4v) is 5.39. The summed E-state index contributed by atoms with van der Waals surface area (Å²) in [7, 11) is 2.70. The molecule has 1 amide bonds. The number of tetrazole rings is 1. The van der Waals surface area contributed by atoms with Crippen molar-refractivity contribution in [2.45, 2.75) is 44.2 Å². The summed E-state index contributed by atoms with van der Waals surface area (Å²) < 4.78 is 11.4. The Kier molecular flexibility index (Phi) is 10.2. The molecule has 5 rings (SSSR count). The zero-order valence-electron chi connectivity index (χ0n) is 24.8. The lowest BCUT2D eigenvalue weighted by Crippen LogP contribution is -2.31. The summed E-state index contributed by atoms with van der Waals surface area (Å²) in [6.45, 7) is 0. The van der Waals surface area contributed by atoms with E-state index >= 15 is 0 Å². The fourth-order valence-electron chi connectivity index (χ4n) is 5.21. The Morgan fingerprint density at radius 3 is 2.69 bits per heavy atom. The molecule has 2 aromatic heterocycles. The van der Waals surface area contributed by atoms with Crippen LogP contribution in [0.1, 0.15) is 48.5 Å². The third-order valence-electron chi connectivity index (χ3n) is 7.48. The normalized spacial score (nSPS) is 16.4. The van der Waals surface area contributed by atoms with Crippen LogP contribution in [-0.4, -0.2) is 63.3 Å². The zero-order chi connectivity index (χ0) is 31.8. The smallest absolute Gasteiger partial charge is 0.328 e. The lowest BCUT2D eigenvalue weighted by molar-refractivity contribution is -0.142. The number of carbonyl (C=O) groups excluding carboxylic acids is 3. The highest BCUT2D eigenvalue weighted by molar-refractivity contribution is 6.30. The Morgan fingerprint density at radius 2 is 1.91 bits per heavy atom. The van der Waals surface area contributed by atoms with Gasteiger partial charge in [-0.25, -0.2) is 4.79 Å². The minimum Gasteiger partial charge on any atom is -0.469 e. The number of hydrogen-bond donors (Lipinski definition) is 2. The number of amides is 1. The number of hydrogen-bond acceptors (Lipinski definition) is 10. The van der Waals surface area contributed by atoms with Gasteiger partial charge in [-0.3, -0.25) is 14.6 Å². The molecule has 1 aliphatic rings. The quantitative estimate of drug-likeness (QED) is 0.221. The standard InChI is InChI=1S/C32H32ClN7O5/c1-44-31(42)16-20-7-10-24-21-13-14-34-28(18-21)25(5-3-4-6-26(32(43)45-2)36-27(24)15-20)37-30(41)12-8-22-17-23(33)9-11-29(22)40-19-35-38-39-40/h7-15,17-19,25-26,36H,3-6,16H2,1-2H3,(H,37,41)/b12-8+/t25-,26+/m0/s1. The molecule has 45 heavy (non-hydrogen) atoms. The van der Waals surface area contributed by atoms with Crippen molar-refractivity contribution < 1.29 is 23.9 Å². The number of pyridine rings is 1. The predicted molar refractivity (Wildman–Crippen MR) is 167 cm³/mol. The number of nitrogens with one attached hydrogen (secondary N) is 2. The molecule has 3 heterocycles. The molecule has 0 saturated carbocycles. The van der Waals surface area contributed by atoms with Gasteiger partial charge in [0.05, 0.1) is 38.1 Å². The third kappa shape index (κ3) is 7.90. The van der Waals surface area contributed by atoms with Crippen LogP contribution in [0.3, 0.4) is 0 Å². The molecule has 12 nitrogen and oxygen atoms in total. The zero-order valence-corrected chi connectivity index (χ0v) is 25.5. The largest absolute Gasteiger partial charge is 0.469 e. The summed E-state index contributed by atoms with van der Waals surface area (Å²) in [5.41, 5.74) is 5.06. The number of esters is 2. The molecule has 0 fully saturated rings. The van der Waals surface area contributed by atoms with Crippen LogP contribution in [0.4, 0.5) is 5.69 Å². The van der Waals surface area contributed by atoms with Gasteiger partial charge in [0.15, 0.2) is 0 Å². The Morgan fingerprint density at radius 1 is 1.07 bits per heavy atom. The molecular weight excluding hydrogens is 598 g/mol. The van der Waals surface area contributed by atoms with Crippen molar-refractivity contribution in [3.63, 3.8) is 0 Å². The van der Waals surface area contributed by atoms with Crippen LogP contribution >= 0.6 is 11.6 Å². The first-order chi connectivity index (χ1) is 21.8. The maximum absolute atomic E-state index is 13.3. The number of anilines is 1. The molecular formula is C32H32ClN7O5. The van der Waals surface area contributed by atoms with Crippen molar-refractivity contribution in [3.05, 3.63) is 89.0 Å². The highest BCUT2D eigenvalue weighted by Crippen LogP contribution is 2.33. The molecule has 0 unspecified atom stereocenters. The highest BCUT2D eigenvalue weighted by atomic mass is 35.5. The first kappa shape index (κ1) is 31.3. The highest BCUT2D eigenvalue weighted by Gasteiger charge is 2.23. The lowest BCUT2D eigenvalue weighted by Gasteiger charge is -2.24. The topological polar surface area (TPSA) is 150 Å². The number of fused-ring (bicyclic) bond motifs is 4. The molecule has 0 spiro atoms. The molecule has 4 aromatic rings. The number of halogens is 1. The molecule has 2 N–H and O–H groups in total. The van der Waals surface area contributed by atoms with Gasteiger partial charge in [0.2, 0.25) is 5.91 Å². The number of benzene rings is 2. The predicted octanol–water partition coefficient (Wildman–Crippen LogP) is 4.49. The van der Waals surface area contributed by atoms with E-state index in [1.165, 1.54) is 31.3 Å². The third-order valence-corrected chi connectivity index (χ3v) is 7.71. The average molecular weight is 630 g/mol. The lowest BCUT2D eigenvalue weighted by atomic mass is 9.95. The van der Waals surface area contributed by atoms with Crippen molar-refractivity contribution in [1.82, 2.24) is 30.5 Å². The van der Waals surface area contributed by atoms with Gasteiger partial charge in [0.25, 0.3) is 0 Å². The summed E-state index contributed by atoms with van der Waals surface area (Å²) in [6, 6.07) is 13.6. The van der Waals surface area contributed by atoms with Crippen molar-refractivity contribution >= 4 is 41.2 Å². The van der Waals surface area contributed by atoms with Crippen LogP contribution in [0.2, 0.25) is 5.02 Å². The van der Waals surface area contributed by atoms with Crippen LogP contribution < -0.4 is 10.6 Å². The monoisotopic (exact) mass is 629 g/mol. The molecule has 1 aliphatic heterocycles. The van der Waals surface area contributed by atoms with Crippen molar-refractivity contribution in [2.75, 3.05) is 19.5 Å². The number of aromatic nitrogens is 5. The van der Waals surface area contributed by atoms with E-state index in [0.29, 0.717) is 53.3 Å². The Balaban J connectivity index is 1.45. The minimum atomic E-state index is -0.606. The summed E-state index contributed by atoms with van der Waals surface area (Å²) >= 11 is 6.23. The summed E-state index contributed by atoms with van der Waals surface area (Å²) in [5, 5.41) is 18.3. The van der Waals surface area contributed by atoms with Gasteiger partial charge >= 0.3 is 11.9 Å². The molecule has 0 aliphatic carbocycles. The van der Waals surface area contributed by atoms with Crippen molar-refractivity contribution in [3.8, 4) is 16.8 Å². The molecule has 0 saturated heterocycles. The van der Waals surface area contributed by atoms with Crippen LogP contribution in [0, 0.1) is 0 Å². The summed E-state index contributed by atoms with van der Waals surface area (Å²) in [4.78, 5) is 42.6. The van der Waals surface area contributed by atoms with E-state index in [0.717, 1.165) is 16.7 Å². The van der Waals surface area contributed by atoms with Crippen LogP contribution in [-0.2, 0) is 30.3 Å². The SMILES string of the molecule is COC(=O)Cc1ccc2c(c1)N[C@@H](C(=O)OC)CCCC[C@H](NC(=O)/C=C/c1cc(Cl)ccc1-n1cnnn1)c1cc-2ccn1. The molecule has 0 radical (unpaired) electrons. The second-order valence-electron chi connectivity index (χ2n) is 10.5. The molecule has 2 aromatic carbocycles. The Bertz CT molecular complexity index is 1710. The van der Waals surface area contributed by atoms with Crippen LogP contribution in [0.25, 0.3) is 22.9 Å². The van der Waals surface area contributed by atoms with Gasteiger partial charge in [-0.1, -0.05) is 36.6 Å². The summed E-state index contributed by atoms with van der Waals surface area (Å²) in [6.07, 6.45) is 8.84. The van der Waals surface area contributed by atoms with Crippen molar-refractivity contribution in [2.24, 2.45) is 0 Å². The molecule has 13 heteroatoms. The maximum Gasteiger partial charge on any atom is 0.328 e. The first-order valence-corrected chi connectivity index (χ1v) is 14.7. The van der Waals surface area contributed by atoms with Gasteiger partial charge in [0.1, 0.15) is 12.4 Å². The molecule has 2 bridgehead atoms. The van der Waals surface area contributed by atoms with Crippen molar-refractivity contribution in [1.29, 1.82) is 0 Å². The number of nitrogens with zero attached hydrogens (tertiary/aromatic N) is 5. The van der Waals surface area contributed by atoms with E-state index in [2.05, 4.69) is 31.1 Å². The molecule has 232 valence electrons. The first-order valence-electron chi connectivity index (χ1n) is 14.4. The summed E-state index contributed by atoms with van der Waals surface area (Å²) in [5.74, 6) is -1.07. The number of methoxy groups -OCH3 is 2. The maximum atomic E-state index is 13.3. The van der Waals surface area contributed by atoms with E-state index in [4.69, 9.17) is 21.1 Å². The van der Waals surface area contributed by atoms with E-state index in [1.54, 1.807) is 30.5 Å². The Hall–Kier alpha value is -5.10. The number of rotatable bonds is 7. The van der Waals surface area contributed by atoms with Gasteiger partial charge < -0.3 is 20.1 Å². The van der Waals surface area contributed by atoms with Gasteiger partial charge in [0, 0.05) is 34.1 Å². The second kappa shape index (κ2) is 14.6. The Labute approximate surface area is 264 Å². The van der Waals surface area contributed by atoms with Gasteiger partial charge in [-0.15, -0.1) is 5.10 Å². The van der Waals surface area contributed by atoms with E-state index in [-0.39, 0.29) is 24.3 Å². The second-order valence-corrected chi connectivity index (χ2v) is 10.9. The van der Waals surface area contributed by atoms with Gasteiger partial charge in [-0.05, 0) is 76.9 Å². The fraction of sp³-hybridized carbons (Fsp3) is 0.281. The van der Waals surface area contributed by atoms with E-state index < -0.39 is 12.1 Å².